The Morgan fingerprint density at radius 2 is 2.12 bits per heavy atom. The van der Waals surface area contributed by atoms with Crippen LogP contribution in [0.15, 0.2) is 23.1 Å². The Kier molecular flexibility index (Phi) is 5.17. The van der Waals surface area contributed by atoms with Crippen molar-refractivity contribution in [1.29, 1.82) is 0 Å². The highest BCUT2D eigenvalue weighted by molar-refractivity contribution is 9.09. The number of rotatable bonds is 5. The van der Waals surface area contributed by atoms with Gasteiger partial charge in [0.25, 0.3) is 0 Å². The maximum atomic E-state index is 12.9. The lowest BCUT2D eigenvalue weighted by molar-refractivity contribution is 0.577. The van der Waals surface area contributed by atoms with Crippen LogP contribution in [0.2, 0.25) is 5.02 Å². The topological polar surface area (TPSA) is 46.2 Å². The van der Waals surface area contributed by atoms with Gasteiger partial charge in [0, 0.05) is 11.9 Å². The molecule has 0 spiro atoms. The number of benzene rings is 1. The highest BCUT2D eigenvalue weighted by Gasteiger charge is 2.17. The molecular weight excluding hydrogens is 321 g/mol. The molecule has 0 radical (unpaired) electrons. The van der Waals surface area contributed by atoms with Gasteiger partial charge in [-0.05, 0) is 24.6 Å². The second-order valence-corrected chi connectivity index (χ2v) is 5.95. The minimum atomic E-state index is -3.73. The molecule has 1 aromatic carbocycles. The van der Waals surface area contributed by atoms with Gasteiger partial charge in [-0.3, -0.25) is 0 Å². The Balaban J connectivity index is 2.93. The summed E-state index contributed by atoms with van der Waals surface area (Å²) in [7, 11) is -3.73. The predicted octanol–water partition coefficient (Wildman–Crippen LogP) is 2.54. The van der Waals surface area contributed by atoms with Crippen molar-refractivity contribution in [2.24, 2.45) is 0 Å². The first kappa shape index (κ1) is 13.9. The Bertz CT molecular complexity index is 467. The van der Waals surface area contributed by atoms with Crippen LogP contribution in [0.5, 0.6) is 0 Å². The van der Waals surface area contributed by atoms with E-state index in [0.29, 0.717) is 11.8 Å². The molecule has 0 fully saturated rings. The molecule has 0 heterocycles. The third-order valence-electron chi connectivity index (χ3n) is 1.79. The van der Waals surface area contributed by atoms with Crippen LogP contribution in [0.1, 0.15) is 6.42 Å². The standard InChI is InChI=1S/C9H10BrClFNO2S/c10-4-1-5-13-16(14,15)9-6-7(12)2-3-8(9)11/h2-3,6,13H,1,4-5H2. The van der Waals surface area contributed by atoms with Crippen molar-refractivity contribution in [2.75, 3.05) is 11.9 Å². The van der Waals surface area contributed by atoms with Gasteiger partial charge in [0.15, 0.2) is 0 Å². The molecule has 0 amide bonds. The highest BCUT2D eigenvalue weighted by atomic mass is 79.9. The predicted molar refractivity (Wildman–Crippen MR) is 65.0 cm³/mol. The molecule has 0 aromatic heterocycles. The minimum Gasteiger partial charge on any atom is -0.211 e. The van der Waals surface area contributed by atoms with Gasteiger partial charge in [-0.25, -0.2) is 17.5 Å². The molecule has 0 bridgehead atoms. The lowest BCUT2D eigenvalue weighted by Gasteiger charge is -2.07. The van der Waals surface area contributed by atoms with E-state index in [9.17, 15) is 12.8 Å². The summed E-state index contributed by atoms with van der Waals surface area (Å²) in [6.45, 7) is 0.278. The third-order valence-corrected chi connectivity index (χ3v) is 4.29. The van der Waals surface area contributed by atoms with E-state index in [1.165, 1.54) is 6.07 Å². The van der Waals surface area contributed by atoms with Gasteiger partial charge in [-0.2, -0.15) is 0 Å². The fourth-order valence-electron chi connectivity index (χ4n) is 1.03. The van der Waals surface area contributed by atoms with Gasteiger partial charge in [0.1, 0.15) is 10.7 Å². The van der Waals surface area contributed by atoms with Crippen molar-refractivity contribution in [3.8, 4) is 0 Å². The largest absolute Gasteiger partial charge is 0.242 e. The minimum absolute atomic E-state index is 0.00717. The van der Waals surface area contributed by atoms with E-state index in [1.807, 2.05) is 0 Å². The molecule has 0 saturated carbocycles. The second kappa shape index (κ2) is 5.95. The van der Waals surface area contributed by atoms with E-state index in [1.54, 1.807) is 0 Å². The maximum absolute atomic E-state index is 12.9. The number of halogens is 3. The van der Waals surface area contributed by atoms with Crippen LogP contribution < -0.4 is 4.72 Å². The van der Waals surface area contributed by atoms with E-state index in [-0.39, 0.29) is 16.5 Å². The van der Waals surface area contributed by atoms with E-state index >= 15 is 0 Å². The van der Waals surface area contributed by atoms with E-state index < -0.39 is 15.8 Å². The zero-order chi connectivity index (χ0) is 12.2. The lowest BCUT2D eigenvalue weighted by atomic mass is 10.3. The van der Waals surface area contributed by atoms with Crippen molar-refractivity contribution in [2.45, 2.75) is 11.3 Å². The first-order chi connectivity index (χ1) is 7.47. The van der Waals surface area contributed by atoms with E-state index in [4.69, 9.17) is 11.6 Å². The molecule has 1 aromatic rings. The quantitative estimate of drug-likeness (QED) is 0.666. The molecule has 0 atom stereocenters. The maximum Gasteiger partial charge on any atom is 0.242 e. The third kappa shape index (κ3) is 3.69. The molecule has 90 valence electrons. The smallest absolute Gasteiger partial charge is 0.211 e. The van der Waals surface area contributed by atoms with Gasteiger partial charge in [0.2, 0.25) is 10.0 Å². The molecule has 1 N–H and O–H groups in total. The molecule has 0 aliphatic heterocycles. The number of hydrogen-bond donors (Lipinski definition) is 1. The first-order valence-electron chi connectivity index (χ1n) is 4.48. The number of alkyl halides is 1. The number of nitrogens with one attached hydrogen (secondary N) is 1. The number of sulfonamides is 1. The van der Waals surface area contributed by atoms with Crippen LogP contribution in [-0.4, -0.2) is 20.3 Å². The van der Waals surface area contributed by atoms with Crippen molar-refractivity contribution in [1.82, 2.24) is 4.72 Å². The fraction of sp³-hybridized carbons (Fsp3) is 0.333. The summed E-state index contributed by atoms with van der Waals surface area (Å²) in [5.74, 6) is -0.634. The Morgan fingerprint density at radius 1 is 1.44 bits per heavy atom. The SMILES string of the molecule is O=S(=O)(NCCCBr)c1cc(F)ccc1Cl. The lowest BCUT2D eigenvalue weighted by Crippen LogP contribution is -2.25. The van der Waals surface area contributed by atoms with Crippen molar-refractivity contribution in [3.05, 3.63) is 29.0 Å². The highest BCUT2D eigenvalue weighted by Crippen LogP contribution is 2.21. The second-order valence-electron chi connectivity index (χ2n) is 3.02. The molecule has 0 aliphatic carbocycles. The van der Waals surface area contributed by atoms with E-state index in [0.717, 1.165) is 12.1 Å². The summed E-state index contributed by atoms with van der Waals surface area (Å²) >= 11 is 8.88. The summed E-state index contributed by atoms with van der Waals surface area (Å²) in [5.41, 5.74) is 0. The van der Waals surface area contributed by atoms with Crippen LogP contribution in [0.4, 0.5) is 4.39 Å². The zero-order valence-corrected chi connectivity index (χ0v) is 11.4. The molecule has 16 heavy (non-hydrogen) atoms. The Labute approximate surface area is 107 Å². The van der Waals surface area contributed by atoms with Crippen LogP contribution in [0, 0.1) is 5.82 Å². The van der Waals surface area contributed by atoms with Crippen LogP contribution in [0.3, 0.4) is 0 Å². The summed E-state index contributed by atoms with van der Waals surface area (Å²) in [5, 5.41) is 0.694. The monoisotopic (exact) mass is 329 g/mol. The molecule has 7 heteroatoms. The average molecular weight is 331 g/mol. The fourth-order valence-corrected chi connectivity index (χ4v) is 2.90. The van der Waals surface area contributed by atoms with Crippen LogP contribution in [0.25, 0.3) is 0 Å². The summed E-state index contributed by atoms with van der Waals surface area (Å²) in [4.78, 5) is -0.233. The van der Waals surface area contributed by atoms with Crippen LogP contribution >= 0.6 is 27.5 Å². The van der Waals surface area contributed by atoms with Gasteiger partial charge >= 0.3 is 0 Å². The van der Waals surface area contributed by atoms with Gasteiger partial charge in [-0.15, -0.1) is 0 Å². The van der Waals surface area contributed by atoms with Gasteiger partial charge < -0.3 is 0 Å². The summed E-state index contributed by atoms with van der Waals surface area (Å²) in [6.07, 6.45) is 0.645. The molecule has 0 unspecified atom stereocenters. The Hall–Kier alpha value is -0.170. The summed E-state index contributed by atoms with van der Waals surface area (Å²) < 4.78 is 38.6. The first-order valence-corrected chi connectivity index (χ1v) is 7.46. The number of hydrogen-bond acceptors (Lipinski definition) is 2. The normalized spacial score (nSPS) is 11.7. The molecule has 3 nitrogen and oxygen atoms in total. The molecular formula is C9H10BrClFNO2S. The molecule has 0 aliphatic rings. The van der Waals surface area contributed by atoms with E-state index in [2.05, 4.69) is 20.7 Å². The van der Waals surface area contributed by atoms with Crippen molar-refractivity contribution >= 4 is 37.6 Å². The van der Waals surface area contributed by atoms with Gasteiger partial charge in [0.05, 0.1) is 5.02 Å². The van der Waals surface area contributed by atoms with Crippen LogP contribution in [-0.2, 0) is 10.0 Å². The van der Waals surface area contributed by atoms with Crippen molar-refractivity contribution < 1.29 is 12.8 Å². The van der Waals surface area contributed by atoms with Crippen molar-refractivity contribution in [3.63, 3.8) is 0 Å². The average Bonchev–Trinajstić information content (AvgIpc) is 2.22. The Morgan fingerprint density at radius 3 is 2.75 bits per heavy atom. The van der Waals surface area contributed by atoms with Gasteiger partial charge in [-0.1, -0.05) is 27.5 Å². The summed E-state index contributed by atoms with van der Waals surface area (Å²) in [6, 6.07) is 3.23. The molecule has 0 saturated heterocycles. The zero-order valence-electron chi connectivity index (χ0n) is 8.21. The molecule has 1 rings (SSSR count).